The Balaban J connectivity index is 4.08. The third-order valence-electron chi connectivity index (χ3n) is 1.94. The van der Waals surface area contributed by atoms with Gasteiger partial charge in [-0.3, -0.25) is 0 Å². The van der Waals surface area contributed by atoms with Crippen molar-refractivity contribution in [1.82, 2.24) is 0 Å². The fourth-order valence-electron chi connectivity index (χ4n) is 1.13. The molecule has 0 aliphatic heterocycles. The van der Waals surface area contributed by atoms with E-state index in [4.69, 9.17) is 10.5 Å². The lowest BCUT2D eigenvalue weighted by Gasteiger charge is -2.24. The van der Waals surface area contributed by atoms with E-state index in [0.717, 1.165) is 12.8 Å². The van der Waals surface area contributed by atoms with Crippen molar-refractivity contribution in [3.05, 3.63) is 0 Å². The molecule has 0 aromatic carbocycles. The van der Waals surface area contributed by atoms with E-state index < -0.39 is 23.7 Å². The van der Waals surface area contributed by atoms with Crippen LogP contribution >= 0.6 is 0 Å². The van der Waals surface area contributed by atoms with E-state index in [1.807, 2.05) is 6.92 Å². The van der Waals surface area contributed by atoms with E-state index in [2.05, 4.69) is 0 Å². The molecule has 0 bridgehead atoms. The summed E-state index contributed by atoms with van der Waals surface area (Å²) < 4.78 is 5.03. The highest BCUT2D eigenvalue weighted by Crippen LogP contribution is 2.11. The van der Waals surface area contributed by atoms with E-state index in [1.165, 1.54) is 0 Å². The van der Waals surface area contributed by atoms with Crippen molar-refractivity contribution >= 4 is 5.97 Å². The van der Waals surface area contributed by atoms with Gasteiger partial charge in [-0.2, -0.15) is 0 Å². The monoisotopic (exact) mass is 217 g/mol. The number of carbonyl (C=O) groups is 1. The molecule has 90 valence electrons. The first-order valence-electron chi connectivity index (χ1n) is 5.44. The van der Waals surface area contributed by atoms with Gasteiger partial charge in [-0.1, -0.05) is 19.8 Å². The predicted molar refractivity (Wildman–Crippen MR) is 59.4 cm³/mol. The summed E-state index contributed by atoms with van der Waals surface area (Å²) in [7, 11) is 0. The molecule has 15 heavy (non-hydrogen) atoms. The Labute approximate surface area is 91.8 Å². The average Bonchev–Trinajstić information content (AvgIpc) is 2.10. The van der Waals surface area contributed by atoms with Gasteiger partial charge in [0.15, 0.2) is 6.10 Å². The van der Waals surface area contributed by atoms with Crippen molar-refractivity contribution in [2.24, 2.45) is 5.73 Å². The summed E-state index contributed by atoms with van der Waals surface area (Å²) in [5, 5.41) is 9.58. The topological polar surface area (TPSA) is 72.5 Å². The lowest BCUT2D eigenvalue weighted by molar-refractivity contribution is -0.166. The minimum absolute atomic E-state index is 0.528. The number of hydrogen-bond acceptors (Lipinski definition) is 4. The third kappa shape index (κ3) is 6.47. The summed E-state index contributed by atoms with van der Waals surface area (Å²) in [4.78, 5) is 11.4. The van der Waals surface area contributed by atoms with E-state index in [-0.39, 0.29) is 0 Å². The summed E-state index contributed by atoms with van der Waals surface area (Å²) in [6.45, 7) is 7.31. The van der Waals surface area contributed by atoms with Crippen LogP contribution in [0.5, 0.6) is 0 Å². The molecule has 0 saturated heterocycles. The summed E-state index contributed by atoms with van der Waals surface area (Å²) in [5.41, 5.74) is 5.09. The summed E-state index contributed by atoms with van der Waals surface area (Å²) in [6, 6.07) is -0.528. The smallest absolute Gasteiger partial charge is 0.337 e. The lowest BCUT2D eigenvalue weighted by Crippen LogP contribution is -2.43. The number of aliphatic hydroxyl groups is 1. The molecule has 0 fully saturated rings. The van der Waals surface area contributed by atoms with Crippen molar-refractivity contribution in [3.63, 3.8) is 0 Å². The Morgan fingerprint density at radius 1 is 1.47 bits per heavy atom. The van der Waals surface area contributed by atoms with Crippen LogP contribution in [-0.4, -0.2) is 28.8 Å². The van der Waals surface area contributed by atoms with Gasteiger partial charge in [0.05, 0.1) is 0 Å². The molecule has 0 saturated carbocycles. The quantitative estimate of drug-likeness (QED) is 0.679. The Hall–Kier alpha value is -0.610. The first kappa shape index (κ1) is 14.4. The highest BCUT2D eigenvalue weighted by Gasteiger charge is 2.27. The number of carbonyl (C=O) groups excluding carboxylic acids is 1. The van der Waals surface area contributed by atoms with Gasteiger partial charge in [0.2, 0.25) is 0 Å². The first-order chi connectivity index (χ1) is 6.78. The zero-order valence-corrected chi connectivity index (χ0v) is 10.1. The number of unbranched alkanes of at least 4 members (excludes halogenated alkanes) is 1. The van der Waals surface area contributed by atoms with Crippen LogP contribution in [0.25, 0.3) is 0 Å². The van der Waals surface area contributed by atoms with E-state index in [9.17, 15) is 9.90 Å². The van der Waals surface area contributed by atoms with E-state index in [0.29, 0.717) is 6.42 Å². The predicted octanol–water partition coefficient (Wildman–Crippen LogP) is 1.21. The van der Waals surface area contributed by atoms with Crippen molar-refractivity contribution in [1.29, 1.82) is 0 Å². The van der Waals surface area contributed by atoms with Crippen LogP contribution < -0.4 is 5.73 Å². The zero-order chi connectivity index (χ0) is 12.1. The first-order valence-corrected chi connectivity index (χ1v) is 5.44. The molecular weight excluding hydrogens is 194 g/mol. The van der Waals surface area contributed by atoms with Gasteiger partial charge >= 0.3 is 5.97 Å². The van der Waals surface area contributed by atoms with Gasteiger partial charge in [0.1, 0.15) is 5.60 Å². The molecular formula is C11H23NO3. The van der Waals surface area contributed by atoms with Crippen LogP contribution in [-0.2, 0) is 9.53 Å². The van der Waals surface area contributed by atoms with E-state index >= 15 is 0 Å². The van der Waals surface area contributed by atoms with Crippen molar-refractivity contribution in [2.75, 3.05) is 0 Å². The number of hydrogen-bond donors (Lipinski definition) is 2. The van der Waals surface area contributed by atoms with Gasteiger partial charge in [-0.05, 0) is 27.2 Å². The molecule has 0 heterocycles. The number of rotatable bonds is 5. The SMILES string of the molecule is CCCC[C@H](N)[C@H](O)C(=O)OC(C)(C)C. The fraction of sp³-hybridized carbons (Fsp3) is 0.909. The third-order valence-corrected chi connectivity index (χ3v) is 1.94. The second kappa shape index (κ2) is 6.08. The van der Waals surface area contributed by atoms with Crippen molar-refractivity contribution in [2.45, 2.75) is 64.7 Å². The molecule has 0 aliphatic rings. The van der Waals surface area contributed by atoms with Gasteiger partial charge in [-0.25, -0.2) is 4.79 Å². The zero-order valence-electron chi connectivity index (χ0n) is 10.1. The second-order valence-corrected chi connectivity index (χ2v) is 4.78. The van der Waals surface area contributed by atoms with Gasteiger partial charge < -0.3 is 15.6 Å². The molecule has 4 heteroatoms. The summed E-state index contributed by atoms with van der Waals surface area (Å²) in [6.07, 6.45) is 1.32. The molecule has 0 unspecified atom stereocenters. The van der Waals surface area contributed by atoms with E-state index in [1.54, 1.807) is 20.8 Å². The molecule has 0 aromatic rings. The normalized spacial score (nSPS) is 15.9. The minimum Gasteiger partial charge on any atom is -0.458 e. The maximum Gasteiger partial charge on any atom is 0.337 e. The summed E-state index contributed by atoms with van der Waals surface area (Å²) in [5.74, 6) is -0.633. The van der Waals surface area contributed by atoms with Crippen LogP contribution in [0, 0.1) is 0 Å². The maximum absolute atomic E-state index is 11.4. The van der Waals surface area contributed by atoms with Crippen LogP contribution in [0.3, 0.4) is 0 Å². The number of esters is 1. The van der Waals surface area contributed by atoms with Gasteiger partial charge in [-0.15, -0.1) is 0 Å². The number of ether oxygens (including phenoxy) is 1. The molecule has 0 spiro atoms. The van der Waals surface area contributed by atoms with Crippen LogP contribution in [0.1, 0.15) is 47.0 Å². The maximum atomic E-state index is 11.4. The molecule has 0 aliphatic carbocycles. The molecule has 4 nitrogen and oxygen atoms in total. The molecule has 0 amide bonds. The minimum atomic E-state index is -1.21. The standard InChI is InChI=1S/C11H23NO3/c1-5-6-7-8(12)9(13)10(14)15-11(2,3)4/h8-9,13H,5-7,12H2,1-4H3/t8-,9-/m0/s1. The van der Waals surface area contributed by atoms with Crippen LogP contribution in [0.2, 0.25) is 0 Å². The molecule has 2 atom stereocenters. The Morgan fingerprint density at radius 2 is 2.00 bits per heavy atom. The Morgan fingerprint density at radius 3 is 2.40 bits per heavy atom. The van der Waals surface area contributed by atoms with Crippen LogP contribution in [0.15, 0.2) is 0 Å². The van der Waals surface area contributed by atoms with Gasteiger partial charge in [0, 0.05) is 6.04 Å². The molecule has 0 radical (unpaired) electrons. The second-order valence-electron chi connectivity index (χ2n) is 4.78. The number of nitrogens with two attached hydrogens (primary N) is 1. The molecule has 0 aromatic heterocycles. The number of aliphatic hydroxyl groups excluding tert-OH is 1. The highest BCUT2D eigenvalue weighted by atomic mass is 16.6. The average molecular weight is 217 g/mol. The fourth-order valence-corrected chi connectivity index (χ4v) is 1.13. The Kier molecular flexibility index (Phi) is 5.83. The van der Waals surface area contributed by atoms with Crippen LogP contribution in [0.4, 0.5) is 0 Å². The lowest BCUT2D eigenvalue weighted by atomic mass is 10.1. The largest absolute Gasteiger partial charge is 0.458 e. The highest BCUT2D eigenvalue weighted by molar-refractivity contribution is 5.75. The van der Waals surface area contributed by atoms with Crippen molar-refractivity contribution < 1.29 is 14.6 Å². The van der Waals surface area contributed by atoms with Crippen molar-refractivity contribution in [3.8, 4) is 0 Å². The summed E-state index contributed by atoms with van der Waals surface area (Å²) >= 11 is 0. The van der Waals surface area contributed by atoms with Gasteiger partial charge in [0.25, 0.3) is 0 Å². The molecule has 3 N–H and O–H groups in total. The molecule has 0 rings (SSSR count). The Bertz CT molecular complexity index is 198.